The third-order valence-electron chi connectivity index (χ3n) is 2.44. The molecule has 0 aliphatic carbocycles. The summed E-state index contributed by atoms with van der Waals surface area (Å²) < 4.78 is 10.9. The van der Waals surface area contributed by atoms with Gasteiger partial charge in [0, 0.05) is 11.9 Å². The van der Waals surface area contributed by atoms with E-state index in [0.29, 0.717) is 18.5 Å². The molecule has 0 radical (unpaired) electrons. The van der Waals surface area contributed by atoms with Gasteiger partial charge in [0.15, 0.2) is 0 Å². The number of carbonyl (C=O) groups excluding carboxylic acids is 1. The Hall–Kier alpha value is -0.290. The Morgan fingerprint density at radius 1 is 1.56 bits per heavy atom. The Morgan fingerprint density at radius 3 is 2.69 bits per heavy atom. The van der Waals surface area contributed by atoms with Crippen LogP contribution >= 0.6 is 15.9 Å². The Morgan fingerprint density at radius 2 is 2.19 bits per heavy atom. The number of halogens is 1. The lowest BCUT2D eigenvalue weighted by atomic mass is 10.1. The number of rotatable bonds is 1. The predicted octanol–water partition coefficient (Wildman–Crippen LogP) is 2.41. The average Bonchev–Trinajstić information content (AvgIpc) is 2.14. The van der Waals surface area contributed by atoms with Crippen molar-refractivity contribution in [3.63, 3.8) is 0 Å². The van der Waals surface area contributed by atoms with Crippen molar-refractivity contribution >= 4 is 22.0 Å². The van der Waals surface area contributed by atoms with Crippen LogP contribution in [-0.2, 0) is 9.47 Å². The fourth-order valence-electron chi connectivity index (χ4n) is 1.62. The molecule has 1 amide bonds. The standard InChI is InChI=1S/C11H20BrNO3/c1-8-9(7-12)13(5-6-15-8)10(14)16-11(2,3)4/h8-9H,5-7H2,1-4H3/t8-,9?/m1/s1. The Balaban J connectivity index is 2.66. The van der Waals surface area contributed by atoms with Crippen LogP contribution in [0.1, 0.15) is 27.7 Å². The zero-order valence-electron chi connectivity index (χ0n) is 10.3. The summed E-state index contributed by atoms with van der Waals surface area (Å²) >= 11 is 3.41. The van der Waals surface area contributed by atoms with Crippen LogP contribution in [0.2, 0.25) is 0 Å². The van der Waals surface area contributed by atoms with Gasteiger partial charge in [0.05, 0.1) is 18.8 Å². The fourth-order valence-corrected chi connectivity index (χ4v) is 2.50. The van der Waals surface area contributed by atoms with E-state index >= 15 is 0 Å². The van der Waals surface area contributed by atoms with E-state index in [4.69, 9.17) is 9.47 Å². The van der Waals surface area contributed by atoms with E-state index in [1.807, 2.05) is 27.7 Å². The molecule has 0 aromatic heterocycles. The van der Waals surface area contributed by atoms with Crippen LogP contribution in [0.4, 0.5) is 4.79 Å². The van der Waals surface area contributed by atoms with Crippen molar-refractivity contribution in [1.82, 2.24) is 4.90 Å². The molecule has 5 heteroatoms. The first-order valence-electron chi connectivity index (χ1n) is 5.52. The van der Waals surface area contributed by atoms with Crippen molar-refractivity contribution < 1.29 is 14.3 Å². The van der Waals surface area contributed by atoms with E-state index in [1.54, 1.807) is 4.90 Å². The van der Waals surface area contributed by atoms with E-state index in [9.17, 15) is 4.79 Å². The number of morpholine rings is 1. The molecule has 0 bridgehead atoms. The predicted molar refractivity (Wildman–Crippen MR) is 65.9 cm³/mol. The maximum Gasteiger partial charge on any atom is 0.410 e. The maximum absolute atomic E-state index is 12.0. The summed E-state index contributed by atoms with van der Waals surface area (Å²) in [5.41, 5.74) is -0.449. The van der Waals surface area contributed by atoms with Crippen molar-refractivity contribution in [3.05, 3.63) is 0 Å². The van der Waals surface area contributed by atoms with Crippen LogP contribution in [0.5, 0.6) is 0 Å². The van der Waals surface area contributed by atoms with Gasteiger partial charge in [0.2, 0.25) is 0 Å². The lowest BCUT2D eigenvalue weighted by Gasteiger charge is -2.39. The molecular weight excluding hydrogens is 274 g/mol. The SMILES string of the molecule is C[C@H]1OCCN(C(=O)OC(C)(C)C)C1CBr. The number of hydrogen-bond donors (Lipinski definition) is 0. The summed E-state index contributed by atoms with van der Waals surface area (Å²) in [6.45, 7) is 8.76. The minimum atomic E-state index is -0.449. The molecular formula is C11H20BrNO3. The molecule has 0 N–H and O–H groups in total. The van der Waals surface area contributed by atoms with Gasteiger partial charge in [0.1, 0.15) is 5.60 Å². The van der Waals surface area contributed by atoms with Crippen LogP contribution in [0.3, 0.4) is 0 Å². The summed E-state index contributed by atoms with van der Waals surface area (Å²) in [6.07, 6.45) is -0.215. The number of alkyl halides is 1. The van der Waals surface area contributed by atoms with E-state index in [2.05, 4.69) is 15.9 Å². The molecule has 0 aromatic rings. The molecule has 1 aliphatic heterocycles. The van der Waals surface area contributed by atoms with Crippen LogP contribution < -0.4 is 0 Å². The third kappa shape index (κ3) is 3.63. The molecule has 2 atom stereocenters. The fraction of sp³-hybridized carbons (Fsp3) is 0.909. The van der Waals surface area contributed by atoms with Gasteiger partial charge in [0.25, 0.3) is 0 Å². The highest BCUT2D eigenvalue weighted by molar-refractivity contribution is 9.09. The number of amides is 1. The Kier molecular flexibility index (Phi) is 4.62. The molecule has 1 rings (SSSR count). The van der Waals surface area contributed by atoms with Gasteiger partial charge in [-0.2, -0.15) is 0 Å². The van der Waals surface area contributed by atoms with Gasteiger partial charge < -0.3 is 9.47 Å². The molecule has 1 aliphatic rings. The molecule has 4 nitrogen and oxygen atoms in total. The second kappa shape index (κ2) is 5.36. The normalized spacial score (nSPS) is 26.7. The van der Waals surface area contributed by atoms with Crippen molar-refractivity contribution in [2.24, 2.45) is 0 Å². The van der Waals surface area contributed by atoms with Gasteiger partial charge in [-0.05, 0) is 27.7 Å². The molecule has 1 heterocycles. The highest BCUT2D eigenvalue weighted by atomic mass is 79.9. The summed E-state index contributed by atoms with van der Waals surface area (Å²) in [6, 6.07) is 0.0450. The van der Waals surface area contributed by atoms with E-state index in [0.717, 1.165) is 0 Å². The van der Waals surface area contributed by atoms with Gasteiger partial charge in [-0.25, -0.2) is 4.79 Å². The summed E-state index contributed by atoms with van der Waals surface area (Å²) in [7, 11) is 0. The van der Waals surface area contributed by atoms with E-state index < -0.39 is 5.60 Å². The van der Waals surface area contributed by atoms with E-state index in [1.165, 1.54) is 0 Å². The van der Waals surface area contributed by atoms with Gasteiger partial charge in [-0.3, -0.25) is 4.90 Å². The highest BCUT2D eigenvalue weighted by Crippen LogP contribution is 2.19. The number of ether oxygens (including phenoxy) is 2. The summed E-state index contributed by atoms with van der Waals surface area (Å²) in [5, 5.41) is 0.702. The lowest BCUT2D eigenvalue weighted by molar-refractivity contribution is -0.0615. The number of hydrogen-bond acceptors (Lipinski definition) is 3. The largest absolute Gasteiger partial charge is 0.444 e. The van der Waals surface area contributed by atoms with Crippen molar-refractivity contribution in [1.29, 1.82) is 0 Å². The average molecular weight is 294 g/mol. The smallest absolute Gasteiger partial charge is 0.410 e. The molecule has 0 saturated carbocycles. The van der Waals surface area contributed by atoms with Gasteiger partial charge in [-0.15, -0.1) is 0 Å². The zero-order valence-corrected chi connectivity index (χ0v) is 11.9. The number of nitrogens with zero attached hydrogens (tertiary/aromatic N) is 1. The second-order valence-electron chi connectivity index (χ2n) is 4.97. The Bertz CT molecular complexity index is 252. The van der Waals surface area contributed by atoms with Crippen LogP contribution in [0.25, 0.3) is 0 Å². The van der Waals surface area contributed by atoms with Gasteiger partial charge in [-0.1, -0.05) is 15.9 Å². The first-order valence-corrected chi connectivity index (χ1v) is 6.64. The van der Waals surface area contributed by atoms with Crippen molar-refractivity contribution in [2.75, 3.05) is 18.5 Å². The van der Waals surface area contributed by atoms with Crippen molar-refractivity contribution in [2.45, 2.75) is 45.4 Å². The lowest BCUT2D eigenvalue weighted by Crippen LogP contribution is -2.54. The van der Waals surface area contributed by atoms with Crippen LogP contribution in [-0.4, -0.2) is 47.2 Å². The highest BCUT2D eigenvalue weighted by Gasteiger charge is 2.34. The minimum Gasteiger partial charge on any atom is -0.444 e. The molecule has 1 fully saturated rings. The zero-order chi connectivity index (χ0) is 12.3. The van der Waals surface area contributed by atoms with Gasteiger partial charge >= 0.3 is 6.09 Å². The van der Waals surface area contributed by atoms with Crippen molar-refractivity contribution in [3.8, 4) is 0 Å². The second-order valence-corrected chi connectivity index (χ2v) is 5.62. The minimum absolute atomic E-state index is 0.0423. The van der Waals surface area contributed by atoms with E-state index in [-0.39, 0.29) is 18.2 Å². The summed E-state index contributed by atoms with van der Waals surface area (Å²) in [4.78, 5) is 13.7. The first kappa shape index (κ1) is 13.8. The third-order valence-corrected chi connectivity index (χ3v) is 3.10. The molecule has 0 spiro atoms. The Labute approximate surface area is 105 Å². The molecule has 16 heavy (non-hydrogen) atoms. The molecule has 1 unspecified atom stereocenters. The number of carbonyl (C=O) groups is 1. The summed E-state index contributed by atoms with van der Waals surface area (Å²) in [5.74, 6) is 0. The first-order chi connectivity index (χ1) is 7.35. The monoisotopic (exact) mass is 293 g/mol. The molecule has 0 aromatic carbocycles. The topological polar surface area (TPSA) is 38.8 Å². The molecule has 1 saturated heterocycles. The van der Waals surface area contributed by atoms with Crippen LogP contribution in [0.15, 0.2) is 0 Å². The quantitative estimate of drug-likeness (QED) is 0.697. The molecule has 94 valence electrons. The maximum atomic E-state index is 12.0. The van der Waals surface area contributed by atoms with Crippen LogP contribution in [0, 0.1) is 0 Å².